The summed E-state index contributed by atoms with van der Waals surface area (Å²) in [6.07, 6.45) is 9.94. The number of nitrogens with one attached hydrogen (secondary N) is 1. The maximum atomic E-state index is 6.27. The maximum Gasteiger partial charge on any atom is 0.0784 e. The van der Waals surface area contributed by atoms with Crippen molar-refractivity contribution in [3.8, 4) is 0 Å². The first-order chi connectivity index (χ1) is 9.23. The SMILES string of the molecule is CCCNC1CC(OC(C)COC)C12CCCCC2. The molecule has 2 saturated carbocycles. The second-order valence-corrected chi connectivity index (χ2v) is 6.43. The molecule has 0 saturated heterocycles. The molecule has 0 radical (unpaired) electrons. The van der Waals surface area contributed by atoms with Gasteiger partial charge in [0.2, 0.25) is 0 Å². The fourth-order valence-electron chi connectivity index (χ4n) is 3.98. The van der Waals surface area contributed by atoms with E-state index in [1.807, 2.05) is 0 Å². The molecule has 3 unspecified atom stereocenters. The molecule has 19 heavy (non-hydrogen) atoms. The molecule has 0 heterocycles. The van der Waals surface area contributed by atoms with E-state index < -0.39 is 0 Å². The summed E-state index contributed by atoms with van der Waals surface area (Å²) >= 11 is 0. The summed E-state index contributed by atoms with van der Waals surface area (Å²) in [5, 5.41) is 3.75. The number of methoxy groups -OCH3 is 1. The molecule has 0 aromatic rings. The Morgan fingerprint density at radius 1 is 1.26 bits per heavy atom. The Hall–Kier alpha value is -0.120. The molecule has 3 heteroatoms. The van der Waals surface area contributed by atoms with Crippen LogP contribution in [0.3, 0.4) is 0 Å². The van der Waals surface area contributed by atoms with Crippen molar-refractivity contribution in [2.75, 3.05) is 20.3 Å². The molecular formula is C16H31NO2. The van der Waals surface area contributed by atoms with Crippen LogP contribution in [0.5, 0.6) is 0 Å². The molecule has 0 aromatic heterocycles. The predicted molar refractivity (Wildman–Crippen MR) is 78.4 cm³/mol. The second kappa shape index (κ2) is 7.05. The molecule has 0 aromatic carbocycles. The second-order valence-electron chi connectivity index (χ2n) is 6.43. The summed E-state index contributed by atoms with van der Waals surface area (Å²) in [7, 11) is 1.75. The highest BCUT2D eigenvalue weighted by Crippen LogP contribution is 2.53. The molecule has 2 fully saturated rings. The Morgan fingerprint density at radius 3 is 2.63 bits per heavy atom. The average Bonchev–Trinajstić information content (AvgIpc) is 2.43. The molecule has 1 N–H and O–H groups in total. The Morgan fingerprint density at radius 2 is 2.00 bits per heavy atom. The summed E-state index contributed by atoms with van der Waals surface area (Å²) in [6.45, 7) is 6.23. The fraction of sp³-hybridized carbons (Fsp3) is 1.00. The molecule has 0 aliphatic heterocycles. The van der Waals surface area contributed by atoms with Gasteiger partial charge in [0.25, 0.3) is 0 Å². The van der Waals surface area contributed by atoms with Gasteiger partial charge in [-0.3, -0.25) is 0 Å². The van der Waals surface area contributed by atoms with Crippen LogP contribution in [0.25, 0.3) is 0 Å². The van der Waals surface area contributed by atoms with Crippen LogP contribution in [-0.2, 0) is 9.47 Å². The summed E-state index contributed by atoms with van der Waals surface area (Å²) in [5.74, 6) is 0. The molecule has 0 amide bonds. The summed E-state index contributed by atoms with van der Waals surface area (Å²) < 4.78 is 11.5. The first-order valence-corrected chi connectivity index (χ1v) is 8.10. The minimum Gasteiger partial charge on any atom is -0.382 e. The lowest BCUT2D eigenvalue weighted by Crippen LogP contribution is -2.65. The molecular weight excluding hydrogens is 238 g/mol. The largest absolute Gasteiger partial charge is 0.382 e. The highest BCUT2D eigenvalue weighted by atomic mass is 16.5. The van der Waals surface area contributed by atoms with Crippen LogP contribution >= 0.6 is 0 Å². The van der Waals surface area contributed by atoms with Gasteiger partial charge in [0, 0.05) is 18.6 Å². The van der Waals surface area contributed by atoms with Crippen molar-refractivity contribution in [3.63, 3.8) is 0 Å². The Balaban J connectivity index is 1.92. The highest BCUT2D eigenvalue weighted by Gasteiger charge is 2.55. The lowest BCUT2D eigenvalue weighted by molar-refractivity contribution is -0.180. The third kappa shape index (κ3) is 3.32. The normalized spacial score (nSPS) is 31.1. The van der Waals surface area contributed by atoms with E-state index in [0.717, 1.165) is 6.54 Å². The number of ether oxygens (including phenoxy) is 2. The van der Waals surface area contributed by atoms with Crippen molar-refractivity contribution in [2.45, 2.75) is 77.0 Å². The molecule has 0 bridgehead atoms. The molecule has 3 atom stereocenters. The predicted octanol–water partition coefficient (Wildman–Crippen LogP) is 3.13. The Labute approximate surface area is 118 Å². The van der Waals surface area contributed by atoms with Gasteiger partial charge < -0.3 is 14.8 Å². The molecule has 1 spiro atoms. The van der Waals surface area contributed by atoms with E-state index >= 15 is 0 Å². The topological polar surface area (TPSA) is 30.5 Å². The minimum absolute atomic E-state index is 0.223. The zero-order chi connectivity index (χ0) is 13.7. The van der Waals surface area contributed by atoms with Crippen LogP contribution in [-0.4, -0.2) is 38.5 Å². The van der Waals surface area contributed by atoms with E-state index in [0.29, 0.717) is 24.2 Å². The summed E-state index contributed by atoms with van der Waals surface area (Å²) in [4.78, 5) is 0. The number of hydrogen-bond acceptors (Lipinski definition) is 3. The van der Waals surface area contributed by atoms with Crippen LogP contribution in [0.15, 0.2) is 0 Å². The van der Waals surface area contributed by atoms with Gasteiger partial charge in [0.15, 0.2) is 0 Å². The minimum atomic E-state index is 0.223. The van der Waals surface area contributed by atoms with Gasteiger partial charge in [-0.15, -0.1) is 0 Å². The first-order valence-electron chi connectivity index (χ1n) is 8.10. The van der Waals surface area contributed by atoms with Gasteiger partial charge in [-0.1, -0.05) is 26.2 Å². The van der Waals surface area contributed by atoms with Crippen LogP contribution < -0.4 is 5.32 Å². The standard InChI is InChI=1S/C16H31NO2/c1-4-10-17-14-11-15(19-13(2)12-18-3)16(14)8-6-5-7-9-16/h13-15,17H,4-12H2,1-3H3. The zero-order valence-electron chi connectivity index (χ0n) is 12.9. The summed E-state index contributed by atoms with van der Waals surface area (Å²) in [6, 6.07) is 0.687. The van der Waals surface area contributed by atoms with E-state index in [1.165, 1.54) is 44.9 Å². The van der Waals surface area contributed by atoms with Gasteiger partial charge in [0.1, 0.15) is 0 Å². The molecule has 3 nitrogen and oxygen atoms in total. The van der Waals surface area contributed by atoms with Gasteiger partial charge in [0.05, 0.1) is 18.8 Å². The smallest absolute Gasteiger partial charge is 0.0784 e. The van der Waals surface area contributed by atoms with Gasteiger partial charge in [-0.05, 0) is 39.2 Å². The monoisotopic (exact) mass is 269 g/mol. The van der Waals surface area contributed by atoms with Crippen LogP contribution in [0.1, 0.15) is 58.8 Å². The number of hydrogen-bond donors (Lipinski definition) is 1. The maximum absolute atomic E-state index is 6.27. The summed E-state index contributed by atoms with van der Waals surface area (Å²) in [5.41, 5.74) is 0.426. The molecule has 2 rings (SSSR count). The fourth-order valence-corrected chi connectivity index (χ4v) is 3.98. The van der Waals surface area contributed by atoms with Crippen molar-refractivity contribution in [1.29, 1.82) is 0 Å². The van der Waals surface area contributed by atoms with Gasteiger partial charge >= 0.3 is 0 Å². The quantitative estimate of drug-likeness (QED) is 0.770. The van der Waals surface area contributed by atoms with Crippen molar-refractivity contribution < 1.29 is 9.47 Å². The van der Waals surface area contributed by atoms with E-state index in [2.05, 4.69) is 19.2 Å². The molecule has 2 aliphatic rings. The van der Waals surface area contributed by atoms with Crippen LogP contribution in [0.4, 0.5) is 0 Å². The van der Waals surface area contributed by atoms with Crippen molar-refractivity contribution in [3.05, 3.63) is 0 Å². The lowest BCUT2D eigenvalue weighted by Gasteiger charge is -2.58. The Bertz CT molecular complexity index is 263. The lowest BCUT2D eigenvalue weighted by atomic mass is 9.55. The van der Waals surface area contributed by atoms with E-state index in [-0.39, 0.29) is 6.10 Å². The van der Waals surface area contributed by atoms with E-state index in [1.54, 1.807) is 7.11 Å². The van der Waals surface area contributed by atoms with E-state index in [4.69, 9.17) is 9.47 Å². The molecule has 112 valence electrons. The van der Waals surface area contributed by atoms with Crippen LogP contribution in [0, 0.1) is 5.41 Å². The van der Waals surface area contributed by atoms with E-state index in [9.17, 15) is 0 Å². The highest BCUT2D eigenvalue weighted by molar-refractivity contribution is 5.09. The van der Waals surface area contributed by atoms with Gasteiger partial charge in [-0.25, -0.2) is 0 Å². The van der Waals surface area contributed by atoms with Gasteiger partial charge in [-0.2, -0.15) is 0 Å². The first kappa shape index (κ1) is 15.3. The third-order valence-electron chi connectivity index (χ3n) is 5.01. The Kier molecular flexibility index (Phi) is 5.67. The molecule has 2 aliphatic carbocycles. The van der Waals surface area contributed by atoms with Crippen molar-refractivity contribution in [2.24, 2.45) is 5.41 Å². The van der Waals surface area contributed by atoms with Crippen molar-refractivity contribution >= 4 is 0 Å². The average molecular weight is 269 g/mol. The zero-order valence-corrected chi connectivity index (χ0v) is 12.9. The van der Waals surface area contributed by atoms with Crippen LogP contribution in [0.2, 0.25) is 0 Å². The third-order valence-corrected chi connectivity index (χ3v) is 5.01. The van der Waals surface area contributed by atoms with Crippen molar-refractivity contribution in [1.82, 2.24) is 5.32 Å². The number of rotatable bonds is 7.